The number of ether oxygens (including phenoxy) is 1. The Labute approximate surface area is 225 Å². The quantitative estimate of drug-likeness (QED) is 0.526. The van der Waals surface area contributed by atoms with Gasteiger partial charge in [0.15, 0.2) is 0 Å². The van der Waals surface area contributed by atoms with Crippen molar-refractivity contribution in [3.8, 4) is 0 Å². The van der Waals surface area contributed by atoms with Crippen LogP contribution in [0.3, 0.4) is 0 Å². The van der Waals surface area contributed by atoms with E-state index in [0.29, 0.717) is 31.3 Å². The summed E-state index contributed by atoms with van der Waals surface area (Å²) in [6, 6.07) is 10.2. The molecule has 10 nitrogen and oxygen atoms in total. The molecule has 2 aromatic rings. The molecule has 2 aliphatic rings. The smallest absolute Gasteiger partial charge is 0.319 e. The molecule has 2 fully saturated rings. The zero-order chi connectivity index (χ0) is 27.3. The summed E-state index contributed by atoms with van der Waals surface area (Å²) in [6.45, 7) is 5.93. The molecular formula is C28H41N7O3. The van der Waals surface area contributed by atoms with Gasteiger partial charge < -0.3 is 15.4 Å². The highest BCUT2D eigenvalue weighted by atomic mass is 16.5. The lowest BCUT2D eigenvalue weighted by molar-refractivity contribution is -0.142. The average molecular weight is 524 g/mol. The minimum atomic E-state index is -0.494. The Hall–Kier alpha value is -3.24. The molecule has 1 saturated heterocycles. The number of carbonyl (C=O) groups excluding carboxylic acids is 2. The van der Waals surface area contributed by atoms with Crippen LogP contribution < -0.4 is 15.5 Å². The van der Waals surface area contributed by atoms with E-state index in [0.717, 1.165) is 38.8 Å². The largest absolute Gasteiger partial charge is 0.468 e. The number of piperazine rings is 1. The van der Waals surface area contributed by atoms with Gasteiger partial charge >= 0.3 is 12.0 Å². The number of benzene rings is 1. The minimum absolute atomic E-state index is 0.00996. The second kappa shape index (κ2) is 11.7. The summed E-state index contributed by atoms with van der Waals surface area (Å²) in [5.74, 6) is 0.378. The molecule has 2 N–H and O–H groups in total. The molecule has 10 heteroatoms. The van der Waals surface area contributed by atoms with Gasteiger partial charge in [-0.15, -0.1) is 0 Å². The number of rotatable bonds is 8. The summed E-state index contributed by atoms with van der Waals surface area (Å²) in [5.41, 5.74) is 7.72. The third-order valence-corrected chi connectivity index (χ3v) is 8.43. The predicted molar refractivity (Wildman–Crippen MR) is 148 cm³/mol. The molecule has 1 aliphatic carbocycles. The van der Waals surface area contributed by atoms with Gasteiger partial charge in [-0.05, 0) is 50.8 Å². The summed E-state index contributed by atoms with van der Waals surface area (Å²) >= 11 is 0. The van der Waals surface area contributed by atoms with E-state index in [9.17, 15) is 9.59 Å². The van der Waals surface area contributed by atoms with Gasteiger partial charge in [-0.2, -0.15) is 0 Å². The van der Waals surface area contributed by atoms with Gasteiger partial charge in [0.25, 0.3) is 0 Å². The van der Waals surface area contributed by atoms with Crippen molar-refractivity contribution < 1.29 is 14.3 Å². The summed E-state index contributed by atoms with van der Waals surface area (Å²) in [6.07, 6.45) is 7.33. The van der Waals surface area contributed by atoms with E-state index in [2.05, 4.69) is 76.0 Å². The van der Waals surface area contributed by atoms with Crippen molar-refractivity contribution in [1.29, 1.82) is 0 Å². The molecule has 0 atom stereocenters. The third kappa shape index (κ3) is 6.07. The standard InChI is InChI=1S/C28H41N7O3/c1-27(10-12-28(13-11-27,32(2)3)22-8-6-5-7-9-22)21-35(25(29)37)23-18-30-26(31-19-23)34-16-14-33(15-17-34)20-24(36)38-4/h5-9,18-19H,10-17,20-21H2,1-4H3,(H2,29,37). The Kier molecular flexibility index (Phi) is 8.52. The molecule has 1 aromatic carbocycles. The summed E-state index contributed by atoms with van der Waals surface area (Å²) < 4.78 is 4.76. The number of primary amides is 1. The summed E-state index contributed by atoms with van der Waals surface area (Å²) in [4.78, 5) is 41.3. The maximum Gasteiger partial charge on any atom is 0.319 e. The second-order valence-electron chi connectivity index (χ2n) is 11.1. The average Bonchev–Trinajstić information content (AvgIpc) is 2.93. The molecular weight excluding hydrogens is 482 g/mol. The molecule has 1 aliphatic heterocycles. The van der Waals surface area contributed by atoms with Crippen molar-refractivity contribution in [1.82, 2.24) is 19.8 Å². The topological polar surface area (TPSA) is 108 Å². The van der Waals surface area contributed by atoms with E-state index >= 15 is 0 Å². The first-order valence-electron chi connectivity index (χ1n) is 13.3. The zero-order valence-corrected chi connectivity index (χ0v) is 23.1. The maximum absolute atomic E-state index is 12.5. The van der Waals surface area contributed by atoms with Crippen molar-refractivity contribution in [3.05, 3.63) is 48.3 Å². The third-order valence-electron chi connectivity index (χ3n) is 8.43. The highest BCUT2D eigenvalue weighted by Crippen LogP contribution is 2.48. The summed E-state index contributed by atoms with van der Waals surface area (Å²) in [5, 5.41) is 0. The van der Waals surface area contributed by atoms with E-state index in [1.807, 2.05) is 0 Å². The van der Waals surface area contributed by atoms with Crippen LogP contribution in [0.25, 0.3) is 0 Å². The first-order chi connectivity index (χ1) is 18.2. The maximum atomic E-state index is 12.5. The highest BCUT2D eigenvalue weighted by Gasteiger charge is 2.44. The van der Waals surface area contributed by atoms with E-state index in [4.69, 9.17) is 10.5 Å². The molecule has 0 spiro atoms. The number of methoxy groups -OCH3 is 1. The first-order valence-corrected chi connectivity index (χ1v) is 13.3. The number of esters is 1. The van der Waals surface area contributed by atoms with Crippen LogP contribution in [0.1, 0.15) is 38.2 Å². The van der Waals surface area contributed by atoms with Crippen molar-refractivity contribution >= 4 is 23.6 Å². The van der Waals surface area contributed by atoms with Gasteiger partial charge in [0, 0.05) is 38.3 Å². The van der Waals surface area contributed by atoms with E-state index in [-0.39, 0.29) is 23.5 Å². The fourth-order valence-electron chi connectivity index (χ4n) is 5.82. The van der Waals surface area contributed by atoms with Crippen molar-refractivity contribution in [3.63, 3.8) is 0 Å². The van der Waals surface area contributed by atoms with Crippen LogP contribution in [-0.2, 0) is 15.1 Å². The van der Waals surface area contributed by atoms with E-state index < -0.39 is 6.03 Å². The lowest BCUT2D eigenvalue weighted by Gasteiger charge is -2.50. The number of hydrogen-bond donors (Lipinski definition) is 1. The van der Waals surface area contributed by atoms with Gasteiger partial charge in [0.05, 0.1) is 31.7 Å². The Morgan fingerprint density at radius 3 is 2.13 bits per heavy atom. The van der Waals surface area contributed by atoms with Gasteiger partial charge in [-0.25, -0.2) is 14.8 Å². The number of hydrogen-bond acceptors (Lipinski definition) is 8. The zero-order valence-electron chi connectivity index (χ0n) is 23.1. The number of aromatic nitrogens is 2. The number of amides is 2. The number of nitrogens with two attached hydrogens (primary N) is 1. The number of anilines is 2. The fourth-order valence-corrected chi connectivity index (χ4v) is 5.82. The molecule has 206 valence electrons. The summed E-state index contributed by atoms with van der Waals surface area (Å²) in [7, 11) is 5.71. The van der Waals surface area contributed by atoms with Crippen LogP contribution in [0.4, 0.5) is 16.4 Å². The second-order valence-corrected chi connectivity index (χ2v) is 11.1. The molecule has 0 bridgehead atoms. The van der Waals surface area contributed by atoms with Crippen LogP contribution in [0.5, 0.6) is 0 Å². The molecule has 2 amide bonds. The van der Waals surface area contributed by atoms with E-state index in [1.54, 1.807) is 17.3 Å². The lowest BCUT2D eigenvalue weighted by atomic mass is 9.65. The van der Waals surface area contributed by atoms with Crippen LogP contribution >= 0.6 is 0 Å². The Balaban J connectivity index is 1.40. The molecule has 4 rings (SSSR count). The molecule has 2 heterocycles. The van der Waals surface area contributed by atoms with Gasteiger partial charge in [-0.1, -0.05) is 37.3 Å². The van der Waals surface area contributed by atoms with Crippen molar-refractivity contribution in [2.24, 2.45) is 11.1 Å². The van der Waals surface area contributed by atoms with Crippen molar-refractivity contribution in [2.75, 3.05) is 70.3 Å². The Bertz CT molecular complexity index is 1080. The first kappa shape index (κ1) is 27.8. The molecule has 1 aromatic heterocycles. The van der Waals surface area contributed by atoms with Crippen molar-refractivity contribution in [2.45, 2.75) is 38.1 Å². The normalized spacial score (nSPS) is 24.3. The Morgan fingerprint density at radius 2 is 1.61 bits per heavy atom. The minimum Gasteiger partial charge on any atom is -0.468 e. The molecule has 1 saturated carbocycles. The molecule has 0 unspecified atom stereocenters. The van der Waals surface area contributed by atoms with Crippen LogP contribution in [-0.4, -0.2) is 92.2 Å². The number of carbonyl (C=O) groups is 2. The van der Waals surface area contributed by atoms with E-state index in [1.165, 1.54) is 12.7 Å². The number of urea groups is 1. The van der Waals surface area contributed by atoms with Gasteiger partial charge in [-0.3, -0.25) is 19.5 Å². The SMILES string of the molecule is COC(=O)CN1CCN(c2ncc(N(CC3(C)CCC(c4ccccc4)(N(C)C)CC3)C(N)=O)cn2)CC1. The monoisotopic (exact) mass is 523 g/mol. The fraction of sp³-hybridized carbons (Fsp3) is 0.571. The lowest BCUT2D eigenvalue weighted by Crippen LogP contribution is -2.50. The van der Waals surface area contributed by atoms with Gasteiger partial charge in [0.1, 0.15) is 0 Å². The van der Waals surface area contributed by atoms with Crippen LogP contribution in [0, 0.1) is 5.41 Å². The molecule has 0 radical (unpaired) electrons. The predicted octanol–water partition coefficient (Wildman–Crippen LogP) is 2.69. The Morgan fingerprint density at radius 1 is 1.00 bits per heavy atom. The van der Waals surface area contributed by atoms with Gasteiger partial charge in [0.2, 0.25) is 5.95 Å². The van der Waals surface area contributed by atoms with Crippen LogP contribution in [0.2, 0.25) is 0 Å². The molecule has 38 heavy (non-hydrogen) atoms. The number of nitrogens with zero attached hydrogens (tertiary/aromatic N) is 6. The highest BCUT2D eigenvalue weighted by molar-refractivity contribution is 5.90. The van der Waals surface area contributed by atoms with Crippen LogP contribution in [0.15, 0.2) is 42.7 Å².